The second kappa shape index (κ2) is 5.32. The lowest BCUT2D eigenvalue weighted by Crippen LogP contribution is -2.45. The van der Waals surface area contributed by atoms with Crippen molar-refractivity contribution >= 4 is 5.91 Å². The zero-order valence-corrected chi connectivity index (χ0v) is 10.3. The smallest absolute Gasteiger partial charge is 0.223 e. The van der Waals surface area contributed by atoms with E-state index in [-0.39, 0.29) is 17.9 Å². The van der Waals surface area contributed by atoms with E-state index in [1.165, 1.54) is 11.1 Å². The van der Waals surface area contributed by atoms with E-state index < -0.39 is 0 Å². The highest BCUT2D eigenvalue weighted by atomic mass is 16.1. The monoisotopic (exact) mass is 232 g/mol. The summed E-state index contributed by atoms with van der Waals surface area (Å²) in [6.07, 6.45) is 2.58. The fourth-order valence-corrected chi connectivity index (χ4v) is 2.22. The van der Waals surface area contributed by atoms with E-state index in [0.717, 1.165) is 19.3 Å². The van der Waals surface area contributed by atoms with E-state index in [1.807, 2.05) is 0 Å². The number of hydrogen-bond acceptors (Lipinski definition) is 2. The van der Waals surface area contributed by atoms with Gasteiger partial charge in [-0.3, -0.25) is 4.79 Å². The molecule has 0 bridgehead atoms. The summed E-state index contributed by atoms with van der Waals surface area (Å²) >= 11 is 0. The maximum atomic E-state index is 11.7. The highest BCUT2D eigenvalue weighted by Gasteiger charge is 2.31. The predicted molar refractivity (Wildman–Crippen MR) is 68.6 cm³/mol. The molecule has 0 saturated heterocycles. The first kappa shape index (κ1) is 12.1. The zero-order valence-electron chi connectivity index (χ0n) is 10.3. The van der Waals surface area contributed by atoms with Gasteiger partial charge in [-0.15, -0.1) is 0 Å². The molecule has 0 radical (unpaired) electrons. The van der Waals surface area contributed by atoms with Crippen molar-refractivity contribution in [3.8, 4) is 0 Å². The van der Waals surface area contributed by atoms with Crippen molar-refractivity contribution in [3.63, 3.8) is 0 Å². The number of hydrogen-bond donors (Lipinski definition) is 2. The fraction of sp³-hybridized carbons (Fsp3) is 0.500. The topological polar surface area (TPSA) is 55.1 Å². The van der Waals surface area contributed by atoms with Crippen LogP contribution in [0.4, 0.5) is 0 Å². The molecule has 2 rings (SSSR count). The van der Waals surface area contributed by atoms with Crippen LogP contribution in [-0.2, 0) is 11.2 Å². The average molecular weight is 232 g/mol. The Morgan fingerprint density at radius 1 is 1.47 bits per heavy atom. The van der Waals surface area contributed by atoms with Gasteiger partial charge in [-0.05, 0) is 31.7 Å². The van der Waals surface area contributed by atoms with E-state index >= 15 is 0 Å². The summed E-state index contributed by atoms with van der Waals surface area (Å²) in [6, 6.07) is 8.63. The van der Waals surface area contributed by atoms with Gasteiger partial charge in [-0.1, -0.05) is 29.8 Å². The van der Waals surface area contributed by atoms with Crippen LogP contribution in [0.3, 0.4) is 0 Å². The van der Waals surface area contributed by atoms with Crippen molar-refractivity contribution in [2.75, 3.05) is 6.54 Å². The lowest BCUT2D eigenvalue weighted by molar-refractivity contribution is -0.127. The first-order valence-corrected chi connectivity index (χ1v) is 6.24. The number of nitrogens with one attached hydrogen (secondary N) is 1. The number of amides is 1. The summed E-state index contributed by atoms with van der Waals surface area (Å²) in [5, 5.41) is 2.98. The van der Waals surface area contributed by atoms with Gasteiger partial charge >= 0.3 is 0 Å². The average Bonchev–Trinajstić information content (AvgIpc) is 2.25. The maximum absolute atomic E-state index is 11.7. The summed E-state index contributed by atoms with van der Waals surface area (Å²) in [5.41, 5.74) is 8.20. The Morgan fingerprint density at radius 2 is 2.24 bits per heavy atom. The minimum atomic E-state index is 0.155. The van der Waals surface area contributed by atoms with Crippen molar-refractivity contribution < 1.29 is 4.79 Å². The van der Waals surface area contributed by atoms with E-state index in [1.54, 1.807) is 0 Å². The molecular formula is C14H20N2O. The molecule has 3 N–H and O–H groups in total. The van der Waals surface area contributed by atoms with Crippen molar-refractivity contribution in [1.82, 2.24) is 5.32 Å². The minimum Gasteiger partial charge on any atom is -0.356 e. The predicted octanol–water partition coefficient (Wildman–Crippen LogP) is 1.39. The van der Waals surface area contributed by atoms with Crippen molar-refractivity contribution in [2.45, 2.75) is 32.2 Å². The van der Waals surface area contributed by atoms with E-state index in [0.29, 0.717) is 6.54 Å². The van der Waals surface area contributed by atoms with Crippen molar-refractivity contribution in [2.24, 2.45) is 11.7 Å². The Labute approximate surface area is 102 Å². The molecule has 1 aromatic rings. The first-order valence-electron chi connectivity index (χ1n) is 6.24. The molecule has 0 heterocycles. The quantitative estimate of drug-likeness (QED) is 0.824. The van der Waals surface area contributed by atoms with Crippen LogP contribution in [-0.4, -0.2) is 18.5 Å². The number of nitrogens with two attached hydrogens (primary N) is 1. The molecule has 1 aliphatic rings. The van der Waals surface area contributed by atoms with Gasteiger partial charge < -0.3 is 11.1 Å². The number of rotatable bonds is 4. The third kappa shape index (κ3) is 3.30. The molecule has 0 aromatic heterocycles. The number of carbonyl (C=O) groups excluding carboxylic acids is 1. The third-order valence-corrected chi connectivity index (χ3v) is 3.34. The van der Waals surface area contributed by atoms with E-state index in [4.69, 9.17) is 5.73 Å². The van der Waals surface area contributed by atoms with E-state index in [2.05, 4.69) is 36.5 Å². The molecule has 0 unspecified atom stereocenters. The Balaban J connectivity index is 1.71. The lowest BCUT2D eigenvalue weighted by atomic mass is 9.80. The highest BCUT2D eigenvalue weighted by Crippen LogP contribution is 2.25. The Kier molecular flexibility index (Phi) is 3.79. The van der Waals surface area contributed by atoms with Crippen LogP contribution in [0, 0.1) is 12.8 Å². The fourth-order valence-electron chi connectivity index (χ4n) is 2.22. The Hall–Kier alpha value is -1.35. The molecule has 1 aliphatic carbocycles. The molecule has 0 atom stereocenters. The standard InChI is InChI=1S/C14H20N2O/c1-10-3-2-4-11(7-10)5-6-16-14(17)12-8-13(15)9-12/h2-4,7,12-13H,5-6,8-9,15H2,1H3,(H,16,17). The van der Waals surface area contributed by atoms with Gasteiger partial charge in [0, 0.05) is 18.5 Å². The van der Waals surface area contributed by atoms with Crippen LogP contribution in [0.2, 0.25) is 0 Å². The number of aryl methyl sites for hydroxylation is 1. The SMILES string of the molecule is Cc1cccc(CCNC(=O)C2CC(N)C2)c1. The summed E-state index contributed by atoms with van der Waals surface area (Å²) in [5.74, 6) is 0.321. The highest BCUT2D eigenvalue weighted by molar-refractivity contribution is 5.79. The molecule has 1 amide bonds. The Bertz CT molecular complexity index is 397. The third-order valence-electron chi connectivity index (χ3n) is 3.34. The molecule has 3 nitrogen and oxygen atoms in total. The van der Waals surface area contributed by atoms with Gasteiger partial charge in [0.15, 0.2) is 0 Å². The first-order chi connectivity index (χ1) is 8.15. The zero-order chi connectivity index (χ0) is 12.3. The number of carbonyl (C=O) groups is 1. The van der Waals surface area contributed by atoms with Gasteiger partial charge in [-0.2, -0.15) is 0 Å². The van der Waals surface area contributed by atoms with Crippen LogP contribution >= 0.6 is 0 Å². The summed E-state index contributed by atoms with van der Waals surface area (Å²) in [6.45, 7) is 2.80. The molecule has 1 saturated carbocycles. The second-order valence-corrected chi connectivity index (χ2v) is 4.96. The Morgan fingerprint density at radius 3 is 2.88 bits per heavy atom. The van der Waals surface area contributed by atoms with Gasteiger partial charge in [0.2, 0.25) is 5.91 Å². The maximum Gasteiger partial charge on any atom is 0.223 e. The largest absolute Gasteiger partial charge is 0.356 e. The summed E-state index contributed by atoms with van der Waals surface area (Å²) in [7, 11) is 0. The molecule has 92 valence electrons. The minimum absolute atomic E-state index is 0.155. The summed E-state index contributed by atoms with van der Waals surface area (Å²) in [4.78, 5) is 11.7. The lowest BCUT2D eigenvalue weighted by Gasteiger charge is -2.31. The summed E-state index contributed by atoms with van der Waals surface area (Å²) < 4.78 is 0. The molecule has 0 spiro atoms. The van der Waals surface area contributed by atoms with Crippen LogP contribution in [0.5, 0.6) is 0 Å². The molecular weight excluding hydrogens is 212 g/mol. The number of benzene rings is 1. The molecule has 1 fully saturated rings. The van der Waals surface area contributed by atoms with Crippen LogP contribution < -0.4 is 11.1 Å². The van der Waals surface area contributed by atoms with Gasteiger partial charge in [-0.25, -0.2) is 0 Å². The van der Waals surface area contributed by atoms with Crippen LogP contribution in [0.15, 0.2) is 24.3 Å². The van der Waals surface area contributed by atoms with Gasteiger partial charge in [0.05, 0.1) is 0 Å². The normalized spacial score (nSPS) is 22.9. The second-order valence-electron chi connectivity index (χ2n) is 4.96. The molecule has 3 heteroatoms. The molecule has 17 heavy (non-hydrogen) atoms. The van der Waals surface area contributed by atoms with Crippen molar-refractivity contribution in [1.29, 1.82) is 0 Å². The van der Waals surface area contributed by atoms with Crippen LogP contribution in [0.1, 0.15) is 24.0 Å². The van der Waals surface area contributed by atoms with Crippen LogP contribution in [0.25, 0.3) is 0 Å². The molecule has 1 aromatic carbocycles. The van der Waals surface area contributed by atoms with Crippen molar-refractivity contribution in [3.05, 3.63) is 35.4 Å². The van der Waals surface area contributed by atoms with E-state index in [9.17, 15) is 4.79 Å². The van der Waals surface area contributed by atoms with Gasteiger partial charge in [0.1, 0.15) is 0 Å². The van der Waals surface area contributed by atoms with Gasteiger partial charge in [0.25, 0.3) is 0 Å². The molecule has 0 aliphatic heterocycles.